The van der Waals surface area contributed by atoms with E-state index in [0.29, 0.717) is 22.8 Å². The molecule has 2 aromatic carbocycles. The molecule has 2 aromatic rings. The fourth-order valence-corrected chi connectivity index (χ4v) is 3.42. The number of aliphatic hydroxyl groups excluding tert-OH is 1. The van der Waals surface area contributed by atoms with Gasteiger partial charge in [-0.1, -0.05) is 30.3 Å². The SMILES string of the molecule is COc1cc(OC)c([C@@H](CO)C(=O)N2C(=O)OC[C@H]2c2ccccc2)c(OC)c1. The van der Waals surface area contributed by atoms with Crippen molar-refractivity contribution < 1.29 is 33.6 Å². The average molecular weight is 401 g/mol. The number of aliphatic hydroxyl groups is 1. The fraction of sp³-hybridized carbons (Fsp3) is 0.333. The molecule has 0 radical (unpaired) electrons. The van der Waals surface area contributed by atoms with E-state index in [1.165, 1.54) is 21.3 Å². The molecule has 8 heteroatoms. The number of nitrogens with zero attached hydrogens (tertiary/aromatic N) is 1. The molecule has 154 valence electrons. The summed E-state index contributed by atoms with van der Waals surface area (Å²) in [4.78, 5) is 26.8. The van der Waals surface area contributed by atoms with E-state index in [1.54, 1.807) is 12.1 Å². The number of imide groups is 1. The lowest BCUT2D eigenvalue weighted by atomic mass is 9.94. The molecule has 0 bridgehead atoms. The summed E-state index contributed by atoms with van der Waals surface area (Å²) in [6.45, 7) is -0.507. The monoisotopic (exact) mass is 401 g/mol. The van der Waals surface area contributed by atoms with Crippen molar-refractivity contribution in [3.05, 3.63) is 53.6 Å². The zero-order valence-corrected chi connectivity index (χ0v) is 16.5. The Labute approximate surface area is 168 Å². The van der Waals surface area contributed by atoms with Gasteiger partial charge in [-0.15, -0.1) is 0 Å². The molecule has 1 fully saturated rings. The third kappa shape index (κ3) is 3.84. The fourth-order valence-electron chi connectivity index (χ4n) is 3.42. The van der Waals surface area contributed by atoms with Crippen LogP contribution in [0.15, 0.2) is 42.5 Å². The van der Waals surface area contributed by atoms with Gasteiger partial charge in [-0.3, -0.25) is 4.79 Å². The number of hydrogen-bond acceptors (Lipinski definition) is 7. The first kappa shape index (κ1) is 20.5. The van der Waals surface area contributed by atoms with E-state index >= 15 is 0 Å². The van der Waals surface area contributed by atoms with Crippen LogP contribution in [-0.4, -0.2) is 56.6 Å². The van der Waals surface area contributed by atoms with Gasteiger partial charge in [0.05, 0.1) is 39.4 Å². The van der Waals surface area contributed by atoms with E-state index in [2.05, 4.69) is 0 Å². The summed E-state index contributed by atoms with van der Waals surface area (Å²) >= 11 is 0. The van der Waals surface area contributed by atoms with E-state index < -0.39 is 30.6 Å². The molecule has 1 heterocycles. The highest BCUT2D eigenvalue weighted by Gasteiger charge is 2.43. The summed E-state index contributed by atoms with van der Waals surface area (Å²) < 4.78 is 21.2. The number of rotatable bonds is 7. The number of ether oxygens (including phenoxy) is 4. The third-order valence-corrected chi connectivity index (χ3v) is 4.88. The van der Waals surface area contributed by atoms with Gasteiger partial charge in [-0.05, 0) is 5.56 Å². The minimum absolute atomic E-state index is 0.0453. The van der Waals surface area contributed by atoms with E-state index in [4.69, 9.17) is 18.9 Å². The van der Waals surface area contributed by atoms with Crippen molar-refractivity contribution >= 4 is 12.0 Å². The van der Waals surface area contributed by atoms with Crippen LogP contribution in [0.25, 0.3) is 0 Å². The van der Waals surface area contributed by atoms with Crippen molar-refractivity contribution in [2.24, 2.45) is 0 Å². The van der Waals surface area contributed by atoms with Crippen LogP contribution in [0.2, 0.25) is 0 Å². The third-order valence-electron chi connectivity index (χ3n) is 4.88. The zero-order valence-electron chi connectivity index (χ0n) is 16.5. The Morgan fingerprint density at radius 2 is 1.76 bits per heavy atom. The first-order valence-electron chi connectivity index (χ1n) is 9.01. The lowest BCUT2D eigenvalue weighted by molar-refractivity contribution is -0.131. The summed E-state index contributed by atoms with van der Waals surface area (Å²) in [5.41, 5.74) is 1.09. The molecular formula is C21H23NO7. The molecular weight excluding hydrogens is 378 g/mol. The summed E-state index contributed by atoms with van der Waals surface area (Å²) in [6.07, 6.45) is -0.756. The molecule has 2 atom stereocenters. The van der Waals surface area contributed by atoms with Crippen LogP contribution in [0.1, 0.15) is 23.1 Å². The number of benzene rings is 2. The molecule has 0 aromatic heterocycles. The smallest absolute Gasteiger partial charge is 0.417 e. The second kappa shape index (κ2) is 8.83. The topological polar surface area (TPSA) is 94.5 Å². The molecule has 1 aliphatic rings. The molecule has 1 N–H and O–H groups in total. The maximum atomic E-state index is 13.4. The van der Waals surface area contributed by atoms with Gasteiger partial charge in [-0.2, -0.15) is 0 Å². The van der Waals surface area contributed by atoms with Crippen molar-refractivity contribution in [2.75, 3.05) is 34.5 Å². The van der Waals surface area contributed by atoms with Crippen LogP contribution in [0.3, 0.4) is 0 Å². The Balaban J connectivity index is 2.04. The maximum absolute atomic E-state index is 13.4. The first-order valence-corrected chi connectivity index (χ1v) is 9.01. The maximum Gasteiger partial charge on any atom is 0.417 e. The molecule has 1 saturated heterocycles. The zero-order chi connectivity index (χ0) is 21.0. The predicted octanol–water partition coefficient (Wildman–Crippen LogP) is 2.51. The molecule has 1 aliphatic heterocycles. The molecule has 0 saturated carbocycles. The van der Waals surface area contributed by atoms with Crippen LogP contribution in [0.4, 0.5) is 4.79 Å². The minimum Gasteiger partial charge on any atom is -0.496 e. The van der Waals surface area contributed by atoms with Crippen molar-refractivity contribution in [3.8, 4) is 17.2 Å². The first-order chi connectivity index (χ1) is 14.0. The summed E-state index contributed by atoms with van der Waals surface area (Å²) in [5.74, 6) is -0.627. The largest absolute Gasteiger partial charge is 0.496 e. The Morgan fingerprint density at radius 1 is 1.14 bits per heavy atom. The van der Waals surface area contributed by atoms with Gasteiger partial charge in [-0.25, -0.2) is 9.69 Å². The van der Waals surface area contributed by atoms with Crippen molar-refractivity contribution in [2.45, 2.75) is 12.0 Å². The van der Waals surface area contributed by atoms with E-state index in [-0.39, 0.29) is 6.61 Å². The van der Waals surface area contributed by atoms with Gasteiger partial charge in [0, 0.05) is 12.1 Å². The van der Waals surface area contributed by atoms with E-state index in [0.717, 1.165) is 10.5 Å². The number of amides is 2. The highest BCUT2D eigenvalue weighted by Crippen LogP contribution is 2.41. The van der Waals surface area contributed by atoms with Crippen LogP contribution < -0.4 is 14.2 Å². The average Bonchev–Trinajstić information content (AvgIpc) is 3.15. The summed E-state index contributed by atoms with van der Waals surface area (Å²) in [6, 6.07) is 11.7. The number of hydrogen-bond donors (Lipinski definition) is 1. The lowest BCUT2D eigenvalue weighted by Crippen LogP contribution is -2.39. The molecule has 0 aliphatic carbocycles. The van der Waals surface area contributed by atoms with Crippen LogP contribution in [0.5, 0.6) is 17.2 Å². The van der Waals surface area contributed by atoms with Crippen molar-refractivity contribution in [1.29, 1.82) is 0 Å². The molecule has 0 spiro atoms. The van der Waals surface area contributed by atoms with Gasteiger partial charge in [0.1, 0.15) is 29.9 Å². The molecule has 8 nitrogen and oxygen atoms in total. The van der Waals surface area contributed by atoms with Crippen LogP contribution >= 0.6 is 0 Å². The van der Waals surface area contributed by atoms with Crippen LogP contribution in [0, 0.1) is 0 Å². The Morgan fingerprint density at radius 3 is 2.28 bits per heavy atom. The second-order valence-corrected chi connectivity index (χ2v) is 6.39. The summed E-state index contributed by atoms with van der Waals surface area (Å²) in [5, 5.41) is 10.1. The molecule has 29 heavy (non-hydrogen) atoms. The molecule has 0 unspecified atom stereocenters. The number of methoxy groups -OCH3 is 3. The standard InChI is InChI=1S/C21H23NO7/c1-26-14-9-17(27-2)19(18(10-14)28-3)15(11-23)20(24)22-16(12-29-21(22)25)13-7-5-4-6-8-13/h4-10,15-16,23H,11-12H2,1-3H3/t15-,16+/m1/s1. The van der Waals surface area contributed by atoms with Crippen LogP contribution in [-0.2, 0) is 9.53 Å². The normalized spacial score (nSPS) is 16.9. The van der Waals surface area contributed by atoms with Gasteiger partial charge >= 0.3 is 6.09 Å². The second-order valence-electron chi connectivity index (χ2n) is 6.39. The predicted molar refractivity (Wildman–Crippen MR) is 103 cm³/mol. The minimum atomic E-state index is -1.09. The number of carbonyl (C=O) groups is 2. The highest BCUT2D eigenvalue weighted by molar-refractivity contribution is 5.98. The van der Waals surface area contributed by atoms with Gasteiger partial charge in [0.2, 0.25) is 5.91 Å². The van der Waals surface area contributed by atoms with E-state index in [1.807, 2.05) is 30.3 Å². The Bertz CT molecular complexity index is 859. The lowest BCUT2D eigenvalue weighted by Gasteiger charge is -2.26. The van der Waals surface area contributed by atoms with Gasteiger partial charge < -0.3 is 24.1 Å². The quantitative estimate of drug-likeness (QED) is 0.762. The molecule has 2 amide bonds. The Hall–Kier alpha value is -3.26. The highest BCUT2D eigenvalue weighted by atomic mass is 16.6. The number of carbonyl (C=O) groups excluding carboxylic acids is 2. The Kier molecular flexibility index (Phi) is 6.23. The van der Waals surface area contributed by atoms with Crippen molar-refractivity contribution in [3.63, 3.8) is 0 Å². The van der Waals surface area contributed by atoms with E-state index in [9.17, 15) is 14.7 Å². The van der Waals surface area contributed by atoms with Gasteiger partial charge in [0.15, 0.2) is 0 Å². The molecule has 3 rings (SSSR count). The van der Waals surface area contributed by atoms with Gasteiger partial charge in [0.25, 0.3) is 0 Å². The van der Waals surface area contributed by atoms with Crippen molar-refractivity contribution in [1.82, 2.24) is 4.90 Å². The summed E-state index contributed by atoms with van der Waals surface area (Å²) in [7, 11) is 4.37. The number of cyclic esters (lactones) is 1.